The van der Waals surface area contributed by atoms with E-state index in [9.17, 15) is 15.0 Å². The molecule has 0 spiro atoms. The number of hydrogen-bond donors (Lipinski definition) is 2. The largest absolute Gasteiger partial charge is 0.392 e. The zero-order chi connectivity index (χ0) is 32.6. The molecular weight excluding hydrogens is 528 g/mol. The first-order chi connectivity index (χ1) is 20.0. The van der Waals surface area contributed by atoms with Crippen LogP contribution in [0.15, 0.2) is 142 Å². The molecule has 0 aromatic carbocycles. The van der Waals surface area contributed by atoms with Crippen molar-refractivity contribution in [2.75, 3.05) is 0 Å². The fourth-order valence-electron chi connectivity index (χ4n) is 4.23. The lowest BCUT2D eigenvalue weighted by Crippen LogP contribution is -2.38. The van der Waals surface area contributed by atoms with Gasteiger partial charge in [0.15, 0.2) is 5.78 Å². The van der Waals surface area contributed by atoms with Gasteiger partial charge >= 0.3 is 0 Å². The smallest absolute Gasteiger partial charge is 0.161 e. The Balaban J connectivity index is 2.66. The van der Waals surface area contributed by atoms with Crippen LogP contribution in [0.3, 0.4) is 0 Å². The van der Waals surface area contributed by atoms with E-state index in [2.05, 4.69) is 69.4 Å². The molecule has 0 heterocycles. The molecule has 1 unspecified atom stereocenters. The van der Waals surface area contributed by atoms with Gasteiger partial charge in [-0.15, -0.1) is 0 Å². The van der Waals surface area contributed by atoms with E-state index in [-0.39, 0.29) is 12.2 Å². The van der Waals surface area contributed by atoms with E-state index >= 15 is 0 Å². The summed E-state index contributed by atoms with van der Waals surface area (Å²) in [5.74, 6) is 0.0198. The molecule has 0 saturated heterocycles. The third-order valence-corrected chi connectivity index (χ3v) is 7.22. The van der Waals surface area contributed by atoms with E-state index in [1.54, 1.807) is 0 Å². The minimum atomic E-state index is -0.674. The Labute approximate surface area is 261 Å². The molecule has 0 bridgehead atoms. The van der Waals surface area contributed by atoms with Crippen LogP contribution in [0.1, 0.15) is 82.1 Å². The first kappa shape index (κ1) is 37.5. The number of allylic oxidation sites excluding steroid dienone is 22. The fourth-order valence-corrected chi connectivity index (χ4v) is 4.23. The molecule has 0 fully saturated rings. The van der Waals surface area contributed by atoms with Gasteiger partial charge in [0.2, 0.25) is 0 Å². The van der Waals surface area contributed by atoms with E-state index in [4.69, 9.17) is 0 Å². The SMILES string of the molecule is CC(C=CC=C(C)C=CC=C(C)C=CCC(C)(C)O)=CC=CC=C(C)C=CC=C(C)C=CC1=C(C)C(=O)CC(O)C1(C)C. The zero-order valence-electron chi connectivity index (χ0n) is 28.1. The van der Waals surface area contributed by atoms with E-state index in [0.29, 0.717) is 6.42 Å². The van der Waals surface area contributed by atoms with Crippen molar-refractivity contribution >= 4 is 5.78 Å². The van der Waals surface area contributed by atoms with Crippen LogP contribution in [-0.4, -0.2) is 27.7 Å². The van der Waals surface area contributed by atoms with Crippen LogP contribution >= 0.6 is 0 Å². The number of Topliss-reactive ketones (excluding diaryl/α,β-unsaturated/α-hetero) is 1. The maximum atomic E-state index is 12.2. The lowest BCUT2D eigenvalue weighted by atomic mass is 9.70. The summed E-state index contributed by atoms with van der Waals surface area (Å²) in [6, 6.07) is 0. The number of ketones is 1. The van der Waals surface area contributed by atoms with Gasteiger partial charge in [-0.25, -0.2) is 0 Å². The van der Waals surface area contributed by atoms with Gasteiger partial charge < -0.3 is 10.2 Å². The summed E-state index contributed by atoms with van der Waals surface area (Å²) in [5, 5.41) is 20.1. The zero-order valence-corrected chi connectivity index (χ0v) is 28.1. The number of aliphatic hydroxyl groups excluding tert-OH is 1. The lowest BCUT2D eigenvalue weighted by Gasteiger charge is -2.36. The lowest BCUT2D eigenvalue weighted by molar-refractivity contribution is -0.120. The van der Waals surface area contributed by atoms with Gasteiger partial charge in [-0.3, -0.25) is 4.79 Å². The summed E-state index contributed by atoms with van der Waals surface area (Å²) in [6.45, 7) is 19.7. The molecule has 1 aliphatic rings. The number of aliphatic hydroxyl groups is 2. The molecular formula is C40H54O3. The maximum absolute atomic E-state index is 12.2. The molecule has 1 atom stereocenters. The van der Waals surface area contributed by atoms with E-state index < -0.39 is 17.1 Å². The molecule has 3 nitrogen and oxygen atoms in total. The summed E-state index contributed by atoms with van der Waals surface area (Å²) >= 11 is 0. The topological polar surface area (TPSA) is 57.5 Å². The Morgan fingerprint density at radius 3 is 1.58 bits per heavy atom. The summed E-state index contributed by atoms with van der Waals surface area (Å²) < 4.78 is 0. The van der Waals surface area contributed by atoms with Crippen LogP contribution in [0.25, 0.3) is 0 Å². The molecule has 0 aromatic rings. The predicted octanol–water partition coefficient (Wildman–Crippen LogP) is 9.89. The molecule has 0 aliphatic heterocycles. The van der Waals surface area contributed by atoms with Gasteiger partial charge in [0.05, 0.1) is 11.7 Å². The molecule has 3 heteroatoms. The van der Waals surface area contributed by atoms with Crippen molar-refractivity contribution in [3.63, 3.8) is 0 Å². The molecule has 232 valence electrons. The number of rotatable bonds is 13. The van der Waals surface area contributed by atoms with Crippen LogP contribution in [0.4, 0.5) is 0 Å². The monoisotopic (exact) mass is 582 g/mol. The highest BCUT2D eigenvalue weighted by Crippen LogP contribution is 2.39. The standard InChI is InChI=1S/C40H54O3/c1-30(19-13-21-32(3)22-14-23-33(4)25-16-28-39(7,8)43)17-11-12-18-31(2)20-15-24-34(5)26-27-36-35(6)37(41)29-38(42)40(36,9)10/h11-27,38,42-43H,28-29H2,1-10H3. The third kappa shape index (κ3) is 15.5. The van der Waals surface area contributed by atoms with Gasteiger partial charge in [0.25, 0.3) is 0 Å². The fraction of sp³-hybridized carbons (Fsp3) is 0.375. The Hall–Kier alpha value is -3.53. The summed E-state index contributed by atoms with van der Waals surface area (Å²) in [5.41, 5.74) is 6.19. The van der Waals surface area contributed by atoms with Gasteiger partial charge in [0.1, 0.15) is 0 Å². The van der Waals surface area contributed by atoms with Crippen molar-refractivity contribution in [2.24, 2.45) is 5.41 Å². The summed E-state index contributed by atoms with van der Waals surface area (Å²) in [7, 11) is 0. The van der Waals surface area contributed by atoms with Crippen molar-refractivity contribution in [2.45, 2.75) is 93.8 Å². The average Bonchev–Trinajstić information content (AvgIpc) is 2.89. The van der Waals surface area contributed by atoms with Crippen LogP contribution < -0.4 is 0 Å². The van der Waals surface area contributed by atoms with E-state index in [1.807, 2.05) is 103 Å². The Morgan fingerprint density at radius 2 is 1.14 bits per heavy atom. The second-order valence-electron chi connectivity index (χ2n) is 12.7. The maximum Gasteiger partial charge on any atom is 0.161 e. The Kier molecular flexibility index (Phi) is 15.9. The average molecular weight is 583 g/mol. The molecule has 2 N–H and O–H groups in total. The minimum absolute atomic E-state index is 0.0198. The summed E-state index contributed by atoms with van der Waals surface area (Å²) in [4.78, 5) is 12.2. The van der Waals surface area contributed by atoms with Gasteiger partial charge in [0, 0.05) is 11.8 Å². The normalized spacial score (nSPS) is 20.6. The van der Waals surface area contributed by atoms with Crippen LogP contribution in [-0.2, 0) is 4.79 Å². The second kappa shape index (κ2) is 18.2. The second-order valence-corrected chi connectivity index (χ2v) is 12.7. The molecule has 1 rings (SSSR count). The quantitative estimate of drug-likeness (QED) is 0.213. The van der Waals surface area contributed by atoms with E-state index in [1.165, 1.54) is 0 Å². The molecule has 0 amide bonds. The van der Waals surface area contributed by atoms with Crippen molar-refractivity contribution in [1.82, 2.24) is 0 Å². The predicted molar refractivity (Wildman–Crippen MR) is 187 cm³/mol. The highest BCUT2D eigenvalue weighted by atomic mass is 16.3. The van der Waals surface area contributed by atoms with Gasteiger partial charge in [-0.2, -0.15) is 0 Å². The van der Waals surface area contributed by atoms with Gasteiger partial charge in [-0.05, 0) is 73.0 Å². The van der Waals surface area contributed by atoms with E-state index in [0.717, 1.165) is 39.0 Å². The Bertz CT molecular complexity index is 1330. The van der Waals surface area contributed by atoms with Crippen molar-refractivity contribution < 1.29 is 15.0 Å². The van der Waals surface area contributed by atoms with Crippen LogP contribution in [0, 0.1) is 5.41 Å². The molecule has 43 heavy (non-hydrogen) atoms. The van der Waals surface area contributed by atoms with Crippen LogP contribution in [0.2, 0.25) is 0 Å². The van der Waals surface area contributed by atoms with Crippen molar-refractivity contribution in [3.8, 4) is 0 Å². The molecule has 1 aliphatic carbocycles. The summed E-state index contributed by atoms with van der Waals surface area (Å²) in [6.07, 6.45) is 34.9. The molecule has 0 radical (unpaired) electrons. The minimum Gasteiger partial charge on any atom is -0.392 e. The van der Waals surface area contributed by atoms with Gasteiger partial charge in [-0.1, -0.05) is 145 Å². The van der Waals surface area contributed by atoms with Crippen molar-refractivity contribution in [3.05, 3.63) is 142 Å². The molecule has 0 aromatic heterocycles. The van der Waals surface area contributed by atoms with Crippen molar-refractivity contribution in [1.29, 1.82) is 0 Å². The molecule has 0 saturated carbocycles. The number of carbonyl (C=O) groups excluding carboxylic acids is 1. The Morgan fingerprint density at radius 1 is 0.744 bits per heavy atom. The third-order valence-electron chi connectivity index (χ3n) is 7.22. The highest BCUT2D eigenvalue weighted by Gasteiger charge is 2.38. The number of hydrogen-bond acceptors (Lipinski definition) is 3. The first-order valence-corrected chi connectivity index (χ1v) is 15.1. The highest BCUT2D eigenvalue weighted by molar-refractivity contribution is 5.97. The number of carbonyl (C=O) groups is 1. The van der Waals surface area contributed by atoms with Crippen LogP contribution in [0.5, 0.6) is 0 Å². The first-order valence-electron chi connectivity index (χ1n) is 15.1.